The molecular formula is C67H82F2N12O11S2. The SMILES string of the molecule is C[C@H](O)[C@@H]1NC(=O)[C@@H]2CCCN2C(=O)[C@H](Cc2c[nH]c3ccc(F)cc23)NC(=O)[C@H](Cc2c[nH]c3ccc(F)cc23)NC(=O)CNC(=O)[C@H](CCCCN)NC(=O)CCSCc2cccc(c2)CSCCNC(=O)[C@]2(C)CCCN2C(=O)[C@H](Cc2ccc(O)cc2)NC1=O. The molecule has 8 atom stereocenters. The van der Waals surface area contributed by atoms with E-state index in [1.807, 2.05) is 18.2 Å². The molecule has 9 rings (SSSR count). The number of carbonyl (C=O) groups is 9. The van der Waals surface area contributed by atoms with E-state index >= 15 is 9.59 Å². The maximum absolute atomic E-state index is 15.3. The zero-order valence-corrected chi connectivity index (χ0v) is 54.2. The summed E-state index contributed by atoms with van der Waals surface area (Å²) in [6.45, 7) is 3.05. The van der Waals surface area contributed by atoms with Gasteiger partial charge in [-0.15, -0.1) is 0 Å². The van der Waals surface area contributed by atoms with Crippen molar-refractivity contribution in [2.75, 3.05) is 44.2 Å². The molecule has 6 aromatic rings. The van der Waals surface area contributed by atoms with Crippen molar-refractivity contribution in [2.24, 2.45) is 5.73 Å². The van der Waals surface area contributed by atoms with Crippen molar-refractivity contribution in [3.05, 3.63) is 137 Å². The molecule has 2 aromatic heterocycles. The number of phenols is 1. The van der Waals surface area contributed by atoms with E-state index in [4.69, 9.17) is 5.73 Å². The van der Waals surface area contributed by atoms with Crippen molar-refractivity contribution in [3.63, 3.8) is 0 Å². The van der Waals surface area contributed by atoms with Gasteiger partial charge in [-0.05, 0) is 142 Å². The number of aliphatic hydroxyl groups excluding tert-OH is 1. The number of thioether (sulfide) groups is 2. The van der Waals surface area contributed by atoms with E-state index in [2.05, 4.69) is 53.3 Å². The van der Waals surface area contributed by atoms with Crippen LogP contribution in [0.1, 0.15) is 93.0 Å². The monoisotopic (exact) mass is 1330 g/mol. The fourth-order valence-corrected chi connectivity index (χ4v) is 14.0. The fourth-order valence-electron chi connectivity index (χ4n) is 12.3. The number of halogens is 2. The molecule has 27 heteroatoms. The summed E-state index contributed by atoms with van der Waals surface area (Å²) in [5, 5.41) is 41.5. The predicted octanol–water partition coefficient (Wildman–Crippen LogP) is 3.77. The second-order valence-corrected chi connectivity index (χ2v) is 26.6. The first-order valence-electron chi connectivity index (χ1n) is 31.8. The van der Waals surface area contributed by atoms with Gasteiger partial charge >= 0.3 is 0 Å². The van der Waals surface area contributed by atoms with Crippen molar-refractivity contribution < 1.29 is 62.1 Å². The quantitative estimate of drug-likeness (QED) is 0.0823. The van der Waals surface area contributed by atoms with E-state index in [9.17, 15) is 52.6 Å². The van der Waals surface area contributed by atoms with Crippen LogP contribution in [0.5, 0.6) is 5.75 Å². The molecule has 0 aliphatic carbocycles. The number of hydrogen-bond acceptors (Lipinski definition) is 14. The smallest absolute Gasteiger partial charge is 0.246 e. The Labute approximate surface area is 551 Å². The van der Waals surface area contributed by atoms with Gasteiger partial charge in [-0.3, -0.25) is 43.2 Å². The molecule has 4 aromatic carbocycles. The van der Waals surface area contributed by atoms with Crippen LogP contribution in [-0.4, -0.2) is 175 Å². The van der Waals surface area contributed by atoms with Gasteiger partial charge in [0, 0.05) is 103 Å². The summed E-state index contributed by atoms with van der Waals surface area (Å²) in [6, 6.07) is 13.5. The fraction of sp³-hybridized carbons (Fsp3) is 0.448. The molecule has 13 N–H and O–H groups in total. The summed E-state index contributed by atoms with van der Waals surface area (Å²) < 4.78 is 29.8. The predicted molar refractivity (Wildman–Crippen MR) is 353 cm³/mol. The van der Waals surface area contributed by atoms with E-state index in [0.717, 1.165) is 11.1 Å². The molecule has 3 aliphatic rings. The van der Waals surface area contributed by atoms with Gasteiger partial charge in [0.2, 0.25) is 53.2 Å². The van der Waals surface area contributed by atoms with Gasteiger partial charge in [-0.1, -0.05) is 36.4 Å². The van der Waals surface area contributed by atoms with Gasteiger partial charge < -0.3 is 72.9 Å². The lowest BCUT2D eigenvalue weighted by molar-refractivity contribution is -0.147. The molecule has 0 saturated carbocycles. The Bertz CT molecular complexity index is 3720. The van der Waals surface area contributed by atoms with Crippen molar-refractivity contribution in [1.82, 2.24) is 57.0 Å². The first-order valence-corrected chi connectivity index (χ1v) is 34.1. The van der Waals surface area contributed by atoms with Crippen LogP contribution in [0.4, 0.5) is 8.78 Å². The highest BCUT2D eigenvalue weighted by molar-refractivity contribution is 7.98. The second-order valence-electron chi connectivity index (χ2n) is 24.4. The van der Waals surface area contributed by atoms with E-state index in [0.29, 0.717) is 93.7 Å². The highest BCUT2D eigenvalue weighted by Gasteiger charge is 2.48. The molecule has 3 aliphatic heterocycles. The first kappa shape index (κ1) is 69.8. The average Bonchev–Trinajstić information content (AvgIpc) is 1.59. The minimum atomic E-state index is -1.71. The molecule has 0 spiro atoms. The van der Waals surface area contributed by atoms with Gasteiger partial charge in [-0.2, -0.15) is 23.5 Å². The number of rotatable bonds is 11. The number of fused-ring (bicyclic) bond motifs is 6. The Balaban J connectivity index is 1.02. The molecule has 9 amide bonds. The number of aromatic amines is 2. The summed E-state index contributed by atoms with van der Waals surface area (Å²) in [7, 11) is 0. The highest BCUT2D eigenvalue weighted by atomic mass is 32.2. The van der Waals surface area contributed by atoms with Crippen LogP contribution >= 0.6 is 23.5 Å². The number of aromatic hydroxyl groups is 1. The average molecular weight is 1330 g/mol. The number of amides is 9. The first-order chi connectivity index (χ1) is 45.2. The standard InChI is InChI=1S/C67H82F2N12O11S2/c1-39(82)59-63(89)78-54(29-40-12-16-47(83)17-13-40)65(91)81-25-7-21-67(81,2)66(92)71-23-27-94-38-42-9-5-8-41(28-42)37-93-26-20-57(84)75-52(10-3-4-22-70)60(86)74-36-58(85)76-53(30-43-34-72-50-18-14-45(68)32-48(43)50)61(87)77-55(64(90)80-24-6-11-56(80)62(88)79-59)31-44-35-73-51-19-15-46(69)33-49(44)51/h5,8-9,12-19,28,32-35,39,52-56,59,72-73,82-83H,3-4,6-7,10-11,20-27,29-31,36-38,70H2,1-2H3,(H,71,92)(H,74,86)(H,75,84)(H,76,85)(H,77,87)(H,78,89)(H,79,88)/t39-,52-,53-,54-,55-,56-,59-,67-/m0/s1. The summed E-state index contributed by atoms with van der Waals surface area (Å²) >= 11 is 3.15. The minimum Gasteiger partial charge on any atom is -0.508 e. The van der Waals surface area contributed by atoms with Crippen LogP contribution in [0.15, 0.2) is 97.3 Å². The molecule has 2 saturated heterocycles. The molecule has 0 radical (unpaired) electrons. The van der Waals surface area contributed by atoms with Crippen molar-refractivity contribution >= 4 is 98.5 Å². The number of nitrogens with zero attached hydrogens (tertiary/aromatic N) is 2. The molecule has 94 heavy (non-hydrogen) atoms. The number of carbonyl (C=O) groups excluding carboxylic acids is 9. The topological polar surface area (TPSA) is 342 Å². The number of aromatic nitrogens is 2. The molecular weight excluding hydrogens is 1250 g/mol. The van der Waals surface area contributed by atoms with E-state index in [-0.39, 0.29) is 82.1 Å². The third-order valence-electron chi connectivity index (χ3n) is 17.4. The Morgan fingerprint density at radius 1 is 0.649 bits per heavy atom. The number of unbranched alkanes of at least 4 members (excludes halogenated alkanes) is 1. The van der Waals surface area contributed by atoms with Crippen molar-refractivity contribution in [1.29, 1.82) is 0 Å². The molecule has 0 unspecified atom stereocenters. The number of phenolic OH excluding ortho intramolecular Hbond substituents is 1. The Morgan fingerprint density at radius 3 is 1.94 bits per heavy atom. The second kappa shape index (κ2) is 32.5. The Kier molecular flexibility index (Phi) is 24.2. The lowest BCUT2D eigenvalue weighted by Crippen LogP contribution is -2.63. The minimum absolute atomic E-state index is 0.0245. The van der Waals surface area contributed by atoms with E-state index < -0.39 is 107 Å². The maximum Gasteiger partial charge on any atom is 0.246 e. The van der Waals surface area contributed by atoms with Crippen LogP contribution in [0.2, 0.25) is 0 Å². The van der Waals surface area contributed by atoms with Crippen LogP contribution < -0.4 is 43.0 Å². The molecule has 5 heterocycles. The highest BCUT2D eigenvalue weighted by Crippen LogP contribution is 2.32. The van der Waals surface area contributed by atoms with Gasteiger partial charge in [0.15, 0.2) is 0 Å². The van der Waals surface area contributed by atoms with Crippen LogP contribution in [0.3, 0.4) is 0 Å². The van der Waals surface area contributed by atoms with E-state index in [1.165, 1.54) is 77.0 Å². The van der Waals surface area contributed by atoms with Gasteiger partial charge in [0.05, 0.1) is 12.6 Å². The summed E-state index contributed by atoms with van der Waals surface area (Å²) in [4.78, 5) is 139. The normalized spacial score (nSPS) is 23.9. The zero-order valence-electron chi connectivity index (χ0n) is 52.5. The Morgan fingerprint density at radius 2 is 1.28 bits per heavy atom. The van der Waals surface area contributed by atoms with Crippen molar-refractivity contribution in [3.8, 4) is 5.75 Å². The maximum atomic E-state index is 15.3. The third kappa shape index (κ3) is 18.0. The number of hydrogen-bond donors (Lipinski definition) is 12. The molecule has 2 fully saturated rings. The van der Waals surface area contributed by atoms with Crippen molar-refractivity contribution in [2.45, 2.75) is 144 Å². The molecule has 502 valence electrons. The van der Waals surface area contributed by atoms with Gasteiger partial charge in [-0.25, -0.2) is 8.78 Å². The molecule has 2 bridgehead atoms. The third-order valence-corrected chi connectivity index (χ3v) is 19.5. The number of aliphatic hydroxyl groups is 1. The number of nitrogens with two attached hydrogens (primary N) is 1. The summed E-state index contributed by atoms with van der Waals surface area (Å²) in [6.07, 6.45) is 3.27. The summed E-state index contributed by atoms with van der Waals surface area (Å²) in [5.41, 5.74) is 8.87. The lowest BCUT2D eigenvalue weighted by Gasteiger charge is -2.37. The zero-order chi connectivity index (χ0) is 67.1. The Hall–Kier alpha value is -8.53. The van der Waals surface area contributed by atoms with Crippen LogP contribution in [0.25, 0.3) is 21.8 Å². The van der Waals surface area contributed by atoms with Gasteiger partial charge in [0.1, 0.15) is 59.2 Å². The molecule has 23 nitrogen and oxygen atoms in total. The van der Waals surface area contributed by atoms with Crippen LogP contribution in [-0.2, 0) is 73.9 Å². The largest absolute Gasteiger partial charge is 0.508 e. The summed E-state index contributed by atoms with van der Waals surface area (Å²) in [5.74, 6) is -5.42. The number of benzene rings is 4. The van der Waals surface area contributed by atoms with Crippen LogP contribution in [0, 0.1) is 11.6 Å². The lowest BCUT2D eigenvalue weighted by atomic mass is 9.95. The number of nitrogens with one attached hydrogen (secondary N) is 9. The number of H-pyrrole nitrogens is 2. The van der Waals surface area contributed by atoms with E-state index in [1.54, 1.807) is 43.2 Å². The van der Waals surface area contributed by atoms with Gasteiger partial charge in [0.25, 0.3) is 0 Å².